The minimum Gasteiger partial charge on any atom is -0.262 e. The quantitative estimate of drug-likeness (QED) is 0.591. The van der Waals surface area contributed by atoms with Gasteiger partial charge < -0.3 is 0 Å². The maximum absolute atomic E-state index is 12.6. The molecule has 0 aliphatic heterocycles. The summed E-state index contributed by atoms with van der Waals surface area (Å²) in [5.74, 6) is -0.785. The van der Waals surface area contributed by atoms with E-state index in [1.807, 2.05) is 0 Å². The SMILES string of the molecule is [2H]c1cnc([2H])c(F)c1Br. The first-order valence-corrected chi connectivity index (χ1v) is 2.69. The molecule has 0 fully saturated rings. The lowest BCUT2D eigenvalue weighted by Gasteiger charge is -1.86. The van der Waals surface area contributed by atoms with Crippen LogP contribution in [0.15, 0.2) is 22.9 Å². The molecule has 0 amide bonds. The molecule has 1 aromatic rings. The minimum atomic E-state index is -0.785. The van der Waals surface area contributed by atoms with E-state index in [0.717, 1.165) is 6.20 Å². The zero-order valence-electron chi connectivity index (χ0n) is 5.78. The third-order valence-corrected chi connectivity index (χ3v) is 1.19. The van der Waals surface area contributed by atoms with Crippen LogP contribution in [0.25, 0.3) is 0 Å². The van der Waals surface area contributed by atoms with Crippen molar-refractivity contribution in [1.29, 1.82) is 0 Å². The molecule has 0 saturated heterocycles. The van der Waals surface area contributed by atoms with Crippen LogP contribution in [0.3, 0.4) is 0 Å². The third kappa shape index (κ3) is 1.04. The van der Waals surface area contributed by atoms with Gasteiger partial charge in [0.15, 0.2) is 5.82 Å². The lowest BCUT2D eigenvalue weighted by atomic mass is 10.5. The van der Waals surface area contributed by atoms with Crippen LogP contribution >= 0.6 is 15.9 Å². The number of rotatable bonds is 0. The van der Waals surface area contributed by atoms with Crippen LogP contribution in [0, 0.1) is 5.82 Å². The van der Waals surface area contributed by atoms with Gasteiger partial charge in [-0.15, -0.1) is 0 Å². The molecular weight excluding hydrogens is 173 g/mol. The Balaban J connectivity index is 3.34. The van der Waals surface area contributed by atoms with E-state index in [9.17, 15) is 4.39 Å². The molecule has 1 rings (SSSR count). The van der Waals surface area contributed by atoms with Crippen molar-refractivity contribution in [2.24, 2.45) is 0 Å². The van der Waals surface area contributed by atoms with Gasteiger partial charge in [-0.05, 0) is 22.0 Å². The molecule has 0 aromatic carbocycles. The van der Waals surface area contributed by atoms with Crippen LogP contribution in [0.1, 0.15) is 2.74 Å². The van der Waals surface area contributed by atoms with E-state index in [1.165, 1.54) is 0 Å². The Morgan fingerprint density at radius 1 is 1.88 bits per heavy atom. The van der Waals surface area contributed by atoms with E-state index in [0.29, 0.717) is 0 Å². The molecule has 0 spiro atoms. The number of halogens is 2. The molecule has 1 aromatic heterocycles. The molecule has 8 heavy (non-hydrogen) atoms. The Morgan fingerprint density at radius 3 is 3.25 bits per heavy atom. The molecule has 0 aliphatic carbocycles. The zero-order valence-corrected chi connectivity index (χ0v) is 5.37. The van der Waals surface area contributed by atoms with Crippen LogP contribution < -0.4 is 0 Å². The molecule has 0 atom stereocenters. The Hall–Kier alpha value is -0.440. The highest BCUT2D eigenvalue weighted by Crippen LogP contribution is 2.10. The molecule has 1 nitrogen and oxygen atoms in total. The van der Waals surface area contributed by atoms with E-state index in [2.05, 4.69) is 20.9 Å². The lowest BCUT2D eigenvalue weighted by Crippen LogP contribution is -1.75. The number of pyridine rings is 1. The monoisotopic (exact) mass is 177 g/mol. The fourth-order valence-corrected chi connectivity index (χ4v) is 0.481. The molecule has 0 radical (unpaired) electrons. The first-order valence-electron chi connectivity index (χ1n) is 2.90. The zero-order chi connectivity index (χ0) is 7.72. The predicted molar refractivity (Wildman–Crippen MR) is 31.9 cm³/mol. The highest BCUT2D eigenvalue weighted by atomic mass is 79.9. The van der Waals surface area contributed by atoms with Gasteiger partial charge in [-0.3, -0.25) is 4.98 Å². The van der Waals surface area contributed by atoms with Gasteiger partial charge in [-0.1, -0.05) is 0 Å². The molecule has 1 heterocycles. The Bertz CT molecular complexity index is 239. The smallest absolute Gasteiger partial charge is 0.155 e. The van der Waals surface area contributed by atoms with Gasteiger partial charge >= 0.3 is 0 Å². The molecular formula is C5H3BrFN. The van der Waals surface area contributed by atoms with E-state index in [-0.39, 0.29) is 10.5 Å². The number of hydrogen-bond acceptors (Lipinski definition) is 1. The summed E-state index contributed by atoms with van der Waals surface area (Å²) >= 11 is 2.81. The van der Waals surface area contributed by atoms with Crippen LogP contribution in [-0.2, 0) is 0 Å². The lowest BCUT2D eigenvalue weighted by molar-refractivity contribution is 0.614. The van der Waals surface area contributed by atoms with E-state index < -0.39 is 12.0 Å². The van der Waals surface area contributed by atoms with Crippen molar-refractivity contribution in [1.82, 2.24) is 4.98 Å². The molecule has 0 aliphatic rings. The first kappa shape index (κ1) is 3.56. The normalized spacial score (nSPS) is 12.8. The van der Waals surface area contributed by atoms with Gasteiger partial charge in [0.05, 0.1) is 13.4 Å². The van der Waals surface area contributed by atoms with Crippen molar-refractivity contribution < 1.29 is 7.13 Å². The minimum absolute atomic E-state index is 0.00694. The van der Waals surface area contributed by atoms with Gasteiger partial charge in [0, 0.05) is 6.20 Å². The fourth-order valence-electron chi connectivity index (χ4n) is 0.290. The molecule has 0 N–H and O–H groups in total. The first-order chi connectivity index (χ1) is 4.63. The Labute approximate surface area is 57.5 Å². The van der Waals surface area contributed by atoms with Crippen LogP contribution in [0.5, 0.6) is 0 Å². The molecule has 3 heteroatoms. The summed E-state index contributed by atoms with van der Waals surface area (Å²) in [6.45, 7) is 0. The Morgan fingerprint density at radius 2 is 2.62 bits per heavy atom. The van der Waals surface area contributed by atoms with E-state index in [4.69, 9.17) is 2.74 Å². The third-order valence-electron chi connectivity index (χ3n) is 0.611. The van der Waals surface area contributed by atoms with E-state index >= 15 is 0 Å². The summed E-state index contributed by atoms with van der Waals surface area (Å²) < 4.78 is 26.4. The standard InChI is InChI=1S/C5H3BrFN/c6-4-1-2-8-3-5(4)7/h1-3H/i1D,3D. The topological polar surface area (TPSA) is 12.9 Å². The number of hydrogen-bond donors (Lipinski definition) is 0. The van der Waals surface area contributed by atoms with Crippen LogP contribution in [0.4, 0.5) is 4.39 Å². The summed E-state index contributed by atoms with van der Waals surface area (Å²) in [5.41, 5.74) is 0. The highest BCUT2D eigenvalue weighted by Gasteiger charge is 1.92. The van der Waals surface area contributed by atoms with Crippen LogP contribution in [0.2, 0.25) is 0 Å². The van der Waals surface area contributed by atoms with Gasteiger partial charge in [-0.25, -0.2) is 4.39 Å². The summed E-state index contributed by atoms with van der Waals surface area (Å²) in [4.78, 5) is 3.31. The highest BCUT2D eigenvalue weighted by molar-refractivity contribution is 9.10. The Kier molecular flexibility index (Phi) is 0.987. The fraction of sp³-hybridized carbons (Fsp3) is 0. The maximum atomic E-state index is 12.6. The van der Waals surface area contributed by atoms with Gasteiger partial charge in [0.2, 0.25) is 0 Å². The second-order valence-corrected chi connectivity index (χ2v) is 1.94. The van der Waals surface area contributed by atoms with E-state index in [1.54, 1.807) is 0 Å². The molecule has 0 bridgehead atoms. The van der Waals surface area contributed by atoms with Crippen molar-refractivity contribution in [3.8, 4) is 0 Å². The van der Waals surface area contributed by atoms with Gasteiger partial charge in [-0.2, -0.15) is 0 Å². The second-order valence-electron chi connectivity index (χ2n) is 1.14. The predicted octanol–water partition coefficient (Wildman–Crippen LogP) is 1.98. The van der Waals surface area contributed by atoms with Crippen molar-refractivity contribution in [3.63, 3.8) is 0 Å². The van der Waals surface area contributed by atoms with Crippen molar-refractivity contribution in [3.05, 3.63) is 28.7 Å². The summed E-state index contributed by atoms with van der Waals surface area (Å²) in [6.07, 6.45) is 0.679. The number of nitrogens with zero attached hydrogens (tertiary/aromatic N) is 1. The van der Waals surface area contributed by atoms with Gasteiger partial charge in [0.25, 0.3) is 0 Å². The maximum Gasteiger partial charge on any atom is 0.155 e. The summed E-state index contributed by atoms with van der Waals surface area (Å²) in [7, 11) is 0. The molecule has 0 unspecified atom stereocenters. The largest absolute Gasteiger partial charge is 0.262 e. The van der Waals surface area contributed by atoms with Crippen molar-refractivity contribution >= 4 is 15.9 Å². The summed E-state index contributed by atoms with van der Waals surface area (Å²) in [5, 5.41) is 0. The van der Waals surface area contributed by atoms with Gasteiger partial charge in [0.1, 0.15) is 0 Å². The second kappa shape index (κ2) is 2.22. The average molecular weight is 178 g/mol. The molecule has 0 saturated carbocycles. The summed E-state index contributed by atoms with van der Waals surface area (Å²) in [6, 6.07) is -0.0477. The number of aromatic nitrogens is 1. The van der Waals surface area contributed by atoms with Crippen molar-refractivity contribution in [2.75, 3.05) is 0 Å². The van der Waals surface area contributed by atoms with Crippen LogP contribution in [-0.4, -0.2) is 4.98 Å². The average Bonchev–Trinajstić information content (AvgIpc) is 1.93. The molecule has 42 valence electrons. The van der Waals surface area contributed by atoms with Crippen molar-refractivity contribution in [2.45, 2.75) is 0 Å².